The largest absolute Gasteiger partial charge is 0.345 e. The predicted molar refractivity (Wildman–Crippen MR) is 88.8 cm³/mol. The van der Waals surface area contributed by atoms with Crippen molar-refractivity contribution in [2.75, 3.05) is 19.4 Å². The van der Waals surface area contributed by atoms with Crippen molar-refractivity contribution in [3.63, 3.8) is 0 Å². The zero-order chi connectivity index (χ0) is 15.7. The number of hydrogen-bond donors (Lipinski definition) is 1. The first-order valence-electron chi connectivity index (χ1n) is 7.29. The molecule has 0 spiro atoms. The van der Waals surface area contributed by atoms with Crippen LogP contribution in [0.15, 0.2) is 30.3 Å². The predicted octanol–water partition coefficient (Wildman–Crippen LogP) is 3.19. The number of anilines is 1. The van der Waals surface area contributed by atoms with Crippen LogP contribution in [-0.2, 0) is 12.8 Å². The number of rotatable bonds is 3. The molecule has 0 saturated carbocycles. The number of benzene rings is 1. The van der Waals surface area contributed by atoms with Gasteiger partial charge in [-0.1, -0.05) is 0 Å². The van der Waals surface area contributed by atoms with Gasteiger partial charge in [0.15, 0.2) is 0 Å². The first-order valence-corrected chi connectivity index (χ1v) is 8.11. The van der Waals surface area contributed by atoms with Gasteiger partial charge in [0.05, 0.1) is 4.88 Å². The van der Waals surface area contributed by atoms with Crippen LogP contribution in [0.3, 0.4) is 0 Å². The molecule has 114 valence electrons. The molecule has 0 fully saturated rings. The van der Waals surface area contributed by atoms with Gasteiger partial charge in [-0.2, -0.15) is 0 Å². The number of amides is 2. The van der Waals surface area contributed by atoms with Gasteiger partial charge in [0.25, 0.3) is 11.8 Å². The third kappa shape index (κ3) is 2.90. The molecular weight excluding hydrogens is 296 g/mol. The van der Waals surface area contributed by atoms with E-state index in [-0.39, 0.29) is 11.8 Å². The summed E-state index contributed by atoms with van der Waals surface area (Å²) in [4.78, 5) is 27.7. The molecule has 1 aromatic carbocycles. The van der Waals surface area contributed by atoms with E-state index in [1.807, 2.05) is 6.07 Å². The average Bonchev–Trinajstić information content (AvgIpc) is 3.08. The number of nitrogens with one attached hydrogen (secondary N) is 1. The van der Waals surface area contributed by atoms with E-state index in [4.69, 9.17) is 0 Å². The van der Waals surface area contributed by atoms with Crippen molar-refractivity contribution in [3.05, 3.63) is 51.2 Å². The second kappa shape index (κ2) is 5.93. The number of nitrogens with zero attached hydrogens (tertiary/aromatic N) is 1. The summed E-state index contributed by atoms with van der Waals surface area (Å²) in [6.07, 6.45) is 3.37. The molecule has 1 N–H and O–H groups in total. The van der Waals surface area contributed by atoms with Crippen LogP contribution in [0.5, 0.6) is 0 Å². The minimum atomic E-state index is -0.0777. The van der Waals surface area contributed by atoms with Gasteiger partial charge < -0.3 is 10.2 Å². The molecule has 22 heavy (non-hydrogen) atoms. The van der Waals surface area contributed by atoms with E-state index < -0.39 is 0 Å². The van der Waals surface area contributed by atoms with Gasteiger partial charge in [0.1, 0.15) is 0 Å². The van der Waals surface area contributed by atoms with Crippen molar-refractivity contribution >= 4 is 28.8 Å². The fourth-order valence-corrected chi connectivity index (χ4v) is 3.74. The van der Waals surface area contributed by atoms with E-state index in [1.54, 1.807) is 49.7 Å². The fraction of sp³-hybridized carbons (Fsp3) is 0.294. The quantitative estimate of drug-likeness (QED) is 0.946. The Balaban J connectivity index is 1.70. The number of carbonyl (C=O) groups is 2. The van der Waals surface area contributed by atoms with Crippen molar-refractivity contribution < 1.29 is 9.59 Å². The number of hydrogen-bond acceptors (Lipinski definition) is 3. The maximum atomic E-state index is 12.3. The van der Waals surface area contributed by atoms with Crippen molar-refractivity contribution in [3.8, 4) is 0 Å². The number of carbonyl (C=O) groups excluding carboxylic acids is 2. The van der Waals surface area contributed by atoms with Crippen LogP contribution in [0.25, 0.3) is 0 Å². The highest BCUT2D eigenvalue weighted by Gasteiger charge is 2.18. The zero-order valence-electron chi connectivity index (χ0n) is 12.7. The maximum Gasteiger partial charge on any atom is 0.265 e. The molecule has 0 saturated heterocycles. The lowest BCUT2D eigenvalue weighted by Crippen LogP contribution is -2.21. The Bertz CT molecular complexity index is 695. The van der Waals surface area contributed by atoms with Crippen molar-refractivity contribution in [2.45, 2.75) is 19.3 Å². The fourth-order valence-electron chi connectivity index (χ4n) is 2.59. The Kier molecular flexibility index (Phi) is 3.98. The molecular formula is C17H18N2O2S. The minimum absolute atomic E-state index is 0.0486. The Labute approximate surface area is 133 Å². The Morgan fingerprint density at radius 2 is 1.86 bits per heavy atom. The van der Waals surface area contributed by atoms with E-state index in [9.17, 15) is 9.59 Å². The van der Waals surface area contributed by atoms with Crippen molar-refractivity contribution in [1.29, 1.82) is 0 Å². The molecule has 5 heteroatoms. The highest BCUT2D eigenvalue weighted by atomic mass is 32.1. The molecule has 4 nitrogen and oxygen atoms in total. The van der Waals surface area contributed by atoms with E-state index in [0.717, 1.165) is 17.7 Å². The molecule has 2 amide bonds. The van der Waals surface area contributed by atoms with E-state index >= 15 is 0 Å². The average molecular weight is 314 g/mol. The molecule has 1 aliphatic rings. The first kappa shape index (κ1) is 14.8. The Morgan fingerprint density at radius 3 is 2.50 bits per heavy atom. The summed E-state index contributed by atoms with van der Waals surface area (Å²) in [6.45, 7) is 0. The summed E-state index contributed by atoms with van der Waals surface area (Å²) < 4.78 is 0. The molecule has 0 radical (unpaired) electrons. The van der Waals surface area contributed by atoms with E-state index in [0.29, 0.717) is 11.3 Å². The van der Waals surface area contributed by atoms with Gasteiger partial charge in [-0.25, -0.2) is 0 Å². The monoisotopic (exact) mass is 314 g/mol. The lowest BCUT2D eigenvalue weighted by atomic mass is 10.2. The SMILES string of the molecule is CN(C)C(=O)c1ccc(NC(=O)c2cc3c(s2)CCC3)cc1. The van der Waals surface area contributed by atoms with Crippen LogP contribution < -0.4 is 5.32 Å². The van der Waals surface area contributed by atoms with Crippen molar-refractivity contribution in [1.82, 2.24) is 4.90 Å². The summed E-state index contributed by atoms with van der Waals surface area (Å²) in [5.41, 5.74) is 2.63. The Hall–Kier alpha value is -2.14. The second-order valence-corrected chi connectivity index (χ2v) is 6.78. The summed E-state index contributed by atoms with van der Waals surface area (Å²) in [6, 6.07) is 8.98. The van der Waals surface area contributed by atoms with Gasteiger partial charge >= 0.3 is 0 Å². The minimum Gasteiger partial charge on any atom is -0.345 e. The van der Waals surface area contributed by atoms with Crippen LogP contribution in [0.1, 0.15) is 36.9 Å². The molecule has 1 aliphatic carbocycles. The van der Waals surface area contributed by atoms with E-state index in [1.165, 1.54) is 21.8 Å². The van der Waals surface area contributed by atoms with Gasteiger partial charge in [0.2, 0.25) is 0 Å². The van der Waals surface area contributed by atoms with Crippen LogP contribution >= 0.6 is 11.3 Å². The number of fused-ring (bicyclic) bond motifs is 1. The van der Waals surface area contributed by atoms with Crippen LogP contribution in [0.4, 0.5) is 5.69 Å². The lowest BCUT2D eigenvalue weighted by molar-refractivity contribution is 0.0827. The molecule has 2 aromatic rings. The highest BCUT2D eigenvalue weighted by molar-refractivity contribution is 7.14. The standard InChI is InChI=1S/C17H18N2O2S/c1-19(2)17(21)11-6-8-13(9-7-11)18-16(20)15-10-12-4-3-5-14(12)22-15/h6-10H,3-5H2,1-2H3,(H,18,20). The van der Waals surface area contributed by atoms with Gasteiger partial charge in [-0.3, -0.25) is 9.59 Å². The molecule has 0 aliphatic heterocycles. The number of thiophene rings is 1. The smallest absolute Gasteiger partial charge is 0.265 e. The van der Waals surface area contributed by atoms with Crippen LogP contribution in [0, 0.1) is 0 Å². The summed E-state index contributed by atoms with van der Waals surface area (Å²) in [7, 11) is 3.43. The van der Waals surface area contributed by atoms with Crippen molar-refractivity contribution in [2.24, 2.45) is 0 Å². The van der Waals surface area contributed by atoms with Gasteiger partial charge in [-0.05, 0) is 55.2 Å². The molecule has 1 aromatic heterocycles. The molecule has 0 atom stereocenters. The maximum absolute atomic E-state index is 12.3. The lowest BCUT2D eigenvalue weighted by Gasteiger charge is -2.10. The third-order valence-electron chi connectivity index (χ3n) is 3.77. The molecule has 0 bridgehead atoms. The molecule has 1 heterocycles. The normalized spacial score (nSPS) is 12.8. The third-order valence-corrected chi connectivity index (χ3v) is 5.00. The van der Waals surface area contributed by atoms with Gasteiger partial charge in [0, 0.05) is 30.2 Å². The topological polar surface area (TPSA) is 49.4 Å². The summed E-state index contributed by atoms with van der Waals surface area (Å²) in [5.74, 6) is -0.126. The highest BCUT2D eigenvalue weighted by Crippen LogP contribution is 2.31. The van der Waals surface area contributed by atoms with E-state index in [2.05, 4.69) is 5.32 Å². The first-order chi connectivity index (χ1) is 10.5. The summed E-state index contributed by atoms with van der Waals surface area (Å²) in [5, 5.41) is 2.89. The Morgan fingerprint density at radius 1 is 1.14 bits per heavy atom. The van der Waals surface area contributed by atoms with Crippen LogP contribution in [-0.4, -0.2) is 30.8 Å². The second-order valence-electron chi connectivity index (χ2n) is 5.64. The zero-order valence-corrected chi connectivity index (χ0v) is 13.5. The van der Waals surface area contributed by atoms with Crippen LogP contribution in [0.2, 0.25) is 0 Å². The molecule has 0 unspecified atom stereocenters. The number of aryl methyl sites for hydroxylation is 2. The summed E-state index contributed by atoms with van der Waals surface area (Å²) >= 11 is 1.59. The molecule has 3 rings (SSSR count). The van der Waals surface area contributed by atoms with Gasteiger partial charge in [-0.15, -0.1) is 11.3 Å².